The molecule has 116 valence electrons. The quantitative estimate of drug-likeness (QED) is 0.202. The number of carbonyl (C=O) groups excluding carboxylic acids is 2. The van der Waals surface area contributed by atoms with E-state index in [4.69, 9.17) is 0 Å². The molecule has 0 bridgehead atoms. The molecule has 0 N–H and O–H groups in total. The fourth-order valence-corrected chi connectivity index (χ4v) is 1.48. The van der Waals surface area contributed by atoms with Crippen molar-refractivity contribution in [1.82, 2.24) is 0 Å². The minimum atomic E-state index is -2.33. The van der Waals surface area contributed by atoms with E-state index in [1.807, 2.05) is 0 Å². The van der Waals surface area contributed by atoms with Gasteiger partial charge in [0.05, 0.1) is 0 Å². The van der Waals surface area contributed by atoms with E-state index in [-0.39, 0.29) is 25.0 Å². The van der Waals surface area contributed by atoms with E-state index >= 15 is 0 Å². The SMILES string of the molecule is CC(=O)CCCCC(=O)Oc1c(F)c(F)c(F)c(F)c1F. The summed E-state index contributed by atoms with van der Waals surface area (Å²) in [6.45, 7) is 1.35. The van der Waals surface area contributed by atoms with Gasteiger partial charge < -0.3 is 9.53 Å². The van der Waals surface area contributed by atoms with Crippen molar-refractivity contribution >= 4 is 11.8 Å². The van der Waals surface area contributed by atoms with E-state index in [9.17, 15) is 31.5 Å². The first-order chi connectivity index (χ1) is 9.75. The Kier molecular flexibility index (Phi) is 5.80. The second kappa shape index (κ2) is 7.14. The fourth-order valence-electron chi connectivity index (χ4n) is 1.48. The predicted octanol–water partition coefficient (Wildman–Crippen LogP) is 3.44. The monoisotopic (exact) mass is 310 g/mol. The standard InChI is InChI=1S/C13H11F5O3/c1-6(19)4-2-3-5-7(20)21-13-11(17)9(15)8(14)10(16)12(13)18/h2-5H2,1H3. The molecule has 8 heteroatoms. The Hall–Kier alpha value is -1.99. The van der Waals surface area contributed by atoms with Gasteiger partial charge in [-0.25, -0.2) is 13.2 Å². The number of halogens is 5. The first-order valence-corrected chi connectivity index (χ1v) is 5.97. The number of Topliss-reactive ketones (excluding diaryl/α,β-unsaturated/α-hetero) is 1. The lowest BCUT2D eigenvalue weighted by Gasteiger charge is -2.08. The van der Waals surface area contributed by atoms with Gasteiger partial charge in [-0.15, -0.1) is 0 Å². The third-order valence-corrected chi connectivity index (χ3v) is 2.55. The van der Waals surface area contributed by atoms with Crippen LogP contribution in [0, 0.1) is 29.1 Å². The minimum absolute atomic E-state index is 0.0943. The van der Waals surface area contributed by atoms with Crippen molar-refractivity contribution < 1.29 is 36.3 Å². The first kappa shape index (κ1) is 17.1. The molecule has 1 rings (SSSR count). The maximum Gasteiger partial charge on any atom is 0.311 e. The van der Waals surface area contributed by atoms with Crippen molar-refractivity contribution in [3.63, 3.8) is 0 Å². The van der Waals surface area contributed by atoms with Gasteiger partial charge in [0.2, 0.25) is 34.8 Å². The second-order valence-electron chi connectivity index (χ2n) is 4.28. The minimum Gasteiger partial charge on any atom is -0.420 e. The largest absolute Gasteiger partial charge is 0.420 e. The molecule has 21 heavy (non-hydrogen) atoms. The smallest absolute Gasteiger partial charge is 0.311 e. The molecule has 0 aromatic heterocycles. The molecule has 0 saturated carbocycles. The van der Waals surface area contributed by atoms with E-state index in [2.05, 4.69) is 4.74 Å². The van der Waals surface area contributed by atoms with Crippen molar-refractivity contribution in [3.8, 4) is 5.75 Å². The van der Waals surface area contributed by atoms with Crippen LogP contribution in [-0.4, -0.2) is 11.8 Å². The number of hydrogen-bond donors (Lipinski definition) is 0. The van der Waals surface area contributed by atoms with Gasteiger partial charge >= 0.3 is 5.97 Å². The highest BCUT2D eigenvalue weighted by Crippen LogP contribution is 2.29. The van der Waals surface area contributed by atoms with Crippen LogP contribution in [0.1, 0.15) is 32.6 Å². The molecule has 0 aliphatic rings. The Morgan fingerprint density at radius 2 is 1.24 bits per heavy atom. The number of benzene rings is 1. The summed E-state index contributed by atoms with van der Waals surface area (Å²) in [6.07, 6.45) is 0.442. The number of unbranched alkanes of at least 4 members (excludes halogenated alkanes) is 1. The number of hydrogen-bond acceptors (Lipinski definition) is 3. The summed E-state index contributed by atoms with van der Waals surface area (Å²) in [7, 11) is 0. The van der Waals surface area contributed by atoms with Crippen molar-refractivity contribution in [2.75, 3.05) is 0 Å². The highest BCUT2D eigenvalue weighted by Gasteiger charge is 2.28. The van der Waals surface area contributed by atoms with Gasteiger partial charge in [-0.2, -0.15) is 8.78 Å². The molecule has 0 spiro atoms. The zero-order valence-corrected chi connectivity index (χ0v) is 10.9. The van der Waals surface area contributed by atoms with Crippen LogP contribution >= 0.6 is 0 Å². The molecule has 1 aromatic carbocycles. The predicted molar refractivity (Wildman–Crippen MR) is 61.0 cm³/mol. The molecular weight excluding hydrogens is 299 g/mol. The summed E-state index contributed by atoms with van der Waals surface area (Å²) >= 11 is 0. The second-order valence-corrected chi connectivity index (χ2v) is 4.28. The lowest BCUT2D eigenvalue weighted by molar-refractivity contribution is -0.135. The molecular formula is C13H11F5O3. The van der Waals surface area contributed by atoms with Crippen LogP contribution < -0.4 is 4.74 Å². The average Bonchev–Trinajstić information content (AvgIpc) is 2.44. The lowest BCUT2D eigenvalue weighted by Crippen LogP contribution is -2.13. The molecule has 0 amide bonds. The van der Waals surface area contributed by atoms with Gasteiger partial charge in [0.25, 0.3) is 0 Å². The van der Waals surface area contributed by atoms with E-state index in [1.165, 1.54) is 6.92 Å². The molecule has 0 radical (unpaired) electrons. The van der Waals surface area contributed by atoms with E-state index < -0.39 is 40.8 Å². The highest BCUT2D eigenvalue weighted by molar-refractivity contribution is 5.75. The van der Waals surface area contributed by atoms with Crippen LogP contribution in [0.25, 0.3) is 0 Å². The zero-order valence-electron chi connectivity index (χ0n) is 10.9. The first-order valence-electron chi connectivity index (χ1n) is 5.97. The Morgan fingerprint density at radius 3 is 1.71 bits per heavy atom. The molecule has 0 saturated heterocycles. The van der Waals surface area contributed by atoms with Gasteiger partial charge in [0.1, 0.15) is 5.78 Å². The van der Waals surface area contributed by atoms with Crippen LogP contribution in [0.3, 0.4) is 0 Å². The summed E-state index contributed by atoms with van der Waals surface area (Å²) in [5, 5.41) is 0. The summed E-state index contributed by atoms with van der Waals surface area (Å²) in [5.74, 6) is -14.0. The van der Waals surface area contributed by atoms with Crippen LogP contribution in [0.15, 0.2) is 0 Å². The van der Waals surface area contributed by atoms with Crippen LogP contribution in [-0.2, 0) is 9.59 Å². The van der Waals surface area contributed by atoms with Gasteiger partial charge in [-0.1, -0.05) is 0 Å². The van der Waals surface area contributed by atoms with Gasteiger partial charge in [0, 0.05) is 12.8 Å². The molecule has 0 unspecified atom stereocenters. The maximum atomic E-state index is 13.2. The van der Waals surface area contributed by atoms with Crippen molar-refractivity contribution in [3.05, 3.63) is 29.1 Å². The van der Waals surface area contributed by atoms with E-state index in [1.54, 1.807) is 0 Å². The Labute approximate surface area is 116 Å². The maximum absolute atomic E-state index is 13.2. The third kappa shape index (κ3) is 4.24. The van der Waals surface area contributed by atoms with Gasteiger partial charge in [-0.05, 0) is 19.8 Å². The van der Waals surface area contributed by atoms with Crippen LogP contribution in [0.4, 0.5) is 22.0 Å². The summed E-state index contributed by atoms with van der Waals surface area (Å²) in [4.78, 5) is 21.9. The molecule has 0 aliphatic heterocycles. The number of ketones is 1. The average molecular weight is 310 g/mol. The highest BCUT2D eigenvalue weighted by atomic mass is 19.2. The molecule has 0 heterocycles. The zero-order chi connectivity index (χ0) is 16.2. The third-order valence-electron chi connectivity index (χ3n) is 2.55. The molecule has 0 fully saturated rings. The van der Waals surface area contributed by atoms with Gasteiger partial charge in [-0.3, -0.25) is 4.79 Å². The number of rotatable bonds is 6. The number of esters is 1. The van der Waals surface area contributed by atoms with Crippen LogP contribution in [0.2, 0.25) is 0 Å². The lowest BCUT2D eigenvalue weighted by atomic mass is 10.1. The fraction of sp³-hybridized carbons (Fsp3) is 0.385. The normalized spacial score (nSPS) is 10.6. The van der Waals surface area contributed by atoms with Crippen molar-refractivity contribution in [2.45, 2.75) is 32.6 Å². The summed E-state index contributed by atoms with van der Waals surface area (Å²) in [5.41, 5.74) is 0. The molecule has 3 nitrogen and oxygen atoms in total. The topological polar surface area (TPSA) is 43.4 Å². The molecule has 0 atom stereocenters. The van der Waals surface area contributed by atoms with Crippen LogP contribution in [0.5, 0.6) is 5.75 Å². The Bertz CT molecular complexity index is 542. The summed E-state index contributed by atoms with van der Waals surface area (Å²) < 4.78 is 69.1. The van der Waals surface area contributed by atoms with E-state index in [0.717, 1.165) is 0 Å². The Balaban J connectivity index is 2.75. The van der Waals surface area contributed by atoms with Crippen molar-refractivity contribution in [2.24, 2.45) is 0 Å². The van der Waals surface area contributed by atoms with Crippen molar-refractivity contribution in [1.29, 1.82) is 0 Å². The van der Waals surface area contributed by atoms with Gasteiger partial charge in [0.15, 0.2) is 0 Å². The molecule has 0 aliphatic carbocycles. The molecule has 1 aromatic rings. The summed E-state index contributed by atoms with van der Waals surface area (Å²) in [6, 6.07) is 0. The van der Waals surface area contributed by atoms with E-state index in [0.29, 0.717) is 6.42 Å². The number of ether oxygens (including phenoxy) is 1. The number of carbonyl (C=O) groups is 2. The Morgan fingerprint density at radius 1 is 0.810 bits per heavy atom.